The van der Waals surface area contributed by atoms with Gasteiger partial charge in [-0.2, -0.15) is 8.42 Å². The van der Waals surface area contributed by atoms with E-state index in [2.05, 4.69) is 34.7 Å². The summed E-state index contributed by atoms with van der Waals surface area (Å²) in [6.45, 7) is 5.79. The number of carbonyl (C=O) groups is 1. The van der Waals surface area contributed by atoms with Gasteiger partial charge in [0.2, 0.25) is 11.9 Å². The van der Waals surface area contributed by atoms with Crippen LogP contribution < -0.4 is 25.2 Å². The number of carbonyl (C=O) groups excluding carboxylic acids is 1. The number of ether oxygens (including phenoxy) is 3. The van der Waals surface area contributed by atoms with Crippen LogP contribution in [-0.4, -0.2) is 119 Å². The van der Waals surface area contributed by atoms with Gasteiger partial charge in [-0.3, -0.25) is 29.1 Å². The minimum Gasteiger partial charge on any atom is -0.491 e. The molecule has 1 aromatic carbocycles. The number of hydrogen-bond donors (Lipinski definition) is 3. The predicted octanol–water partition coefficient (Wildman–Crippen LogP) is -0.288. The van der Waals surface area contributed by atoms with E-state index in [-0.39, 0.29) is 24.7 Å². The number of nitrogens with zero attached hydrogens (tertiary/aromatic N) is 6. The lowest BCUT2D eigenvalue weighted by Crippen LogP contribution is -2.47. The van der Waals surface area contributed by atoms with E-state index in [1.807, 2.05) is 17.0 Å². The van der Waals surface area contributed by atoms with Gasteiger partial charge < -0.3 is 19.5 Å². The van der Waals surface area contributed by atoms with Crippen LogP contribution in [0, 0.1) is 0 Å². The molecule has 0 unspecified atom stereocenters. The molecule has 0 radical (unpaired) electrons. The van der Waals surface area contributed by atoms with E-state index in [1.54, 1.807) is 7.11 Å². The van der Waals surface area contributed by atoms with Gasteiger partial charge in [0.1, 0.15) is 11.5 Å². The van der Waals surface area contributed by atoms with Gasteiger partial charge in [0.05, 0.1) is 45.6 Å². The van der Waals surface area contributed by atoms with E-state index in [0.29, 0.717) is 48.7 Å². The number of rotatable bonds is 12. The van der Waals surface area contributed by atoms with Gasteiger partial charge in [-0.15, -0.1) is 0 Å². The minimum absolute atomic E-state index is 0.0939. The molecule has 3 aliphatic rings. The number of benzene rings is 1. The summed E-state index contributed by atoms with van der Waals surface area (Å²) < 4.78 is 43.3. The van der Waals surface area contributed by atoms with Crippen molar-refractivity contribution in [1.82, 2.24) is 25.1 Å². The molecule has 0 spiro atoms. The van der Waals surface area contributed by atoms with Crippen LogP contribution in [0.2, 0.25) is 0 Å². The summed E-state index contributed by atoms with van der Waals surface area (Å²) in [5.74, 6) is 1.72. The third kappa shape index (κ3) is 7.29. The smallest absolute Gasteiger partial charge is 0.333 e. The molecule has 0 atom stereocenters. The summed E-state index contributed by atoms with van der Waals surface area (Å²) >= 11 is 0. The SMILES string of the molecule is COc1c(OCCCN2CCOCC2)ccc2c1N=C(NC(=O)c1cnc(NCCOS(N)(=O)=O)nc1)N1CCN=C21. The molecule has 2 aromatic rings. The number of nitrogens with two attached hydrogens (primary N) is 1. The summed E-state index contributed by atoms with van der Waals surface area (Å²) in [4.78, 5) is 34.9. The minimum atomic E-state index is -4.03. The summed E-state index contributed by atoms with van der Waals surface area (Å²) in [6.07, 6.45) is 3.53. The van der Waals surface area contributed by atoms with E-state index >= 15 is 0 Å². The Hall–Kier alpha value is -3.90. The average Bonchev–Trinajstić information content (AvgIpc) is 3.48. The quantitative estimate of drug-likeness (QED) is 0.269. The molecular formula is C25H33N9O7S. The van der Waals surface area contributed by atoms with Crippen molar-refractivity contribution in [3.8, 4) is 11.5 Å². The number of aromatic nitrogens is 2. The van der Waals surface area contributed by atoms with Crippen LogP contribution in [0.1, 0.15) is 22.3 Å². The van der Waals surface area contributed by atoms with Crippen molar-refractivity contribution in [2.75, 3.05) is 78.1 Å². The first-order valence-corrected chi connectivity index (χ1v) is 14.9. The number of nitrogens with one attached hydrogen (secondary N) is 2. The maximum absolute atomic E-state index is 13.1. The van der Waals surface area contributed by atoms with Crippen molar-refractivity contribution in [3.05, 3.63) is 35.7 Å². The number of methoxy groups -OCH3 is 1. The molecule has 0 aliphatic carbocycles. The second kappa shape index (κ2) is 13.4. The molecule has 42 heavy (non-hydrogen) atoms. The summed E-state index contributed by atoms with van der Waals surface area (Å²) in [5.41, 5.74) is 1.50. The number of hydrogen-bond acceptors (Lipinski definition) is 14. The maximum Gasteiger partial charge on any atom is 0.333 e. The van der Waals surface area contributed by atoms with Gasteiger partial charge in [0, 0.05) is 50.7 Å². The number of amidine groups is 1. The van der Waals surface area contributed by atoms with Crippen LogP contribution in [0.15, 0.2) is 34.5 Å². The van der Waals surface area contributed by atoms with Crippen molar-refractivity contribution in [1.29, 1.82) is 0 Å². The van der Waals surface area contributed by atoms with E-state index in [4.69, 9.17) is 24.3 Å². The van der Waals surface area contributed by atoms with Gasteiger partial charge in [0.25, 0.3) is 5.91 Å². The third-order valence-electron chi connectivity index (χ3n) is 6.61. The Kier molecular flexibility index (Phi) is 9.43. The number of morpholine rings is 1. The van der Waals surface area contributed by atoms with Gasteiger partial charge in [-0.25, -0.2) is 20.1 Å². The molecule has 16 nitrogen and oxygen atoms in total. The van der Waals surface area contributed by atoms with Crippen LogP contribution in [0.3, 0.4) is 0 Å². The fraction of sp³-hybridized carbons (Fsp3) is 0.480. The fourth-order valence-electron chi connectivity index (χ4n) is 4.63. The third-order valence-corrected chi connectivity index (χ3v) is 7.10. The average molecular weight is 604 g/mol. The first-order chi connectivity index (χ1) is 20.3. The molecule has 226 valence electrons. The molecule has 1 fully saturated rings. The topological polar surface area (TPSA) is 195 Å². The Bertz CT molecular complexity index is 1440. The zero-order chi connectivity index (χ0) is 29.5. The number of amides is 1. The summed E-state index contributed by atoms with van der Waals surface area (Å²) in [5, 5.41) is 10.4. The molecule has 1 aromatic heterocycles. The lowest BCUT2D eigenvalue weighted by molar-refractivity contribution is 0.0357. The largest absolute Gasteiger partial charge is 0.491 e. The lowest BCUT2D eigenvalue weighted by Gasteiger charge is -2.28. The molecule has 1 saturated heterocycles. The summed E-state index contributed by atoms with van der Waals surface area (Å²) in [7, 11) is -2.47. The highest BCUT2D eigenvalue weighted by Crippen LogP contribution is 2.43. The van der Waals surface area contributed by atoms with Crippen LogP contribution in [0.25, 0.3) is 0 Å². The lowest BCUT2D eigenvalue weighted by atomic mass is 10.1. The Morgan fingerprint density at radius 1 is 1.14 bits per heavy atom. The Labute approximate surface area is 243 Å². The van der Waals surface area contributed by atoms with Crippen LogP contribution in [0.4, 0.5) is 11.6 Å². The number of aliphatic imine (C=N–C) groups is 2. The number of fused-ring (bicyclic) bond motifs is 3. The second-order valence-corrected chi connectivity index (χ2v) is 10.7. The van der Waals surface area contributed by atoms with Crippen LogP contribution in [-0.2, 0) is 19.2 Å². The van der Waals surface area contributed by atoms with E-state index in [1.165, 1.54) is 12.4 Å². The van der Waals surface area contributed by atoms with Crippen molar-refractivity contribution in [2.45, 2.75) is 6.42 Å². The number of guanidine groups is 1. The van der Waals surface area contributed by atoms with Crippen molar-refractivity contribution < 1.29 is 31.6 Å². The van der Waals surface area contributed by atoms with E-state index < -0.39 is 16.2 Å². The molecule has 0 saturated carbocycles. The normalized spacial score (nSPS) is 16.7. The highest BCUT2D eigenvalue weighted by molar-refractivity contribution is 7.84. The first kappa shape index (κ1) is 29.6. The molecule has 5 rings (SSSR count). The van der Waals surface area contributed by atoms with Gasteiger partial charge in [0.15, 0.2) is 11.5 Å². The second-order valence-electron chi connectivity index (χ2n) is 9.43. The monoisotopic (exact) mass is 603 g/mol. The molecule has 1 amide bonds. The van der Waals surface area contributed by atoms with Gasteiger partial charge in [-0.1, -0.05) is 0 Å². The number of anilines is 1. The zero-order valence-electron chi connectivity index (χ0n) is 23.1. The fourth-order valence-corrected chi connectivity index (χ4v) is 4.94. The molecule has 4 N–H and O–H groups in total. The van der Waals surface area contributed by atoms with Crippen molar-refractivity contribution >= 4 is 39.6 Å². The van der Waals surface area contributed by atoms with Gasteiger partial charge >= 0.3 is 10.3 Å². The zero-order valence-corrected chi connectivity index (χ0v) is 23.9. The Morgan fingerprint density at radius 3 is 2.67 bits per heavy atom. The highest BCUT2D eigenvalue weighted by Gasteiger charge is 2.33. The highest BCUT2D eigenvalue weighted by atomic mass is 32.2. The standard InChI is InChI=1S/C25H33N9O7S/c1-38-21-19(40-11-2-7-33-9-13-39-14-10-33)4-3-18-20(21)31-25(34-8-5-27-22(18)34)32-23(35)17-15-29-24(30-16-17)28-6-12-41-42(26,36)37/h3-4,15-16H,2,5-14H2,1H3,(H2,26,36,37)(H,28,29,30)(H,31,32,35). The van der Waals surface area contributed by atoms with Crippen LogP contribution in [0.5, 0.6) is 11.5 Å². The van der Waals surface area contributed by atoms with Crippen molar-refractivity contribution in [3.63, 3.8) is 0 Å². The molecule has 3 aliphatic heterocycles. The van der Waals surface area contributed by atoms with E-state index in [9.17, 15) is 13.2 Å². The molecule has 17 heteroatoms. The van der Waals surface area contributed by atoms with E-state index in [0.717, 1.165) is 44.8 Å². The van der Waals surface area contributed by atoms with Crippen molar-refractivity contribution in [2.24, 2.45) is 15.1 Å². The molecular weight excluding hydrogens is 570 g/mol. The molecule has 0 bridgehead atoms. The summed E-state index contributed by atoms with van der Waals surface area (Å²) in [6, 6.07) is 3.76. The molecule has 4 heterocycles. The predicted molar refractivity (Wildman–Crippen MR) is 153 cm³/mol. The Morgan fingerprint density at radius 2 is 1.93 bits per heavy atom. The first-order valence-electron chi connectivity index (χ1n) is 13.4. The Balaban J connectivity index is 1.25. The van der Waals surface area contributed by atoms with Gasteiger partial charge in [-0.05, 0) is 18.6 Å². The maximum atomic E-state index is 13.1. The van der Waals surface area contributed by atoms with Crippen LogP contribution >= 0.6 is 0 Å².